The number of aromatic nitrogens is 19. The number of ether oxygens (including phenoxy) is 5. The molecule has 14 aromatic rings. The zero-order chi connectivity index (χ0) is 96.5. The Kier molecular flexibility index (Phi) is 30.3. The van der Waals surface area contributed by atoms with Gasteiger partial charge in [-0.1, -0.05) is 60.7 Å². The van der Waals surface area contributed by atoms with Crippen LogP contribution >= 0.6 is 0 Å². The Bertz CT molecular complexity index is 7210. The number of aryl methyl sites for hydroxylation is 1. The number of morpholine rings is 5. The van der Waals surface area contributed by atoms with Crippen molar-refractivity contribution >= 4 is 151 Å². The molecule has 720 valence electrons. The zero-order valence-corrected chi connectivity index (χ0v) is 82.7. The second-order valence-corrected chi connectivity index (χ2v) is 47.3. The smallest absolute Gasteiger partial charge is 0.256 e. The van der Waals surface area contributed by atoms with E-state index in [9.17, 15) is 30.5 Å². The number of nitrogens with one attached hydrogen (secondary N) is 1. The molecule has 46 heteroatoms. The molecular formula is C90H112FN29O11S5. The van der Waals surface area contributed by atoms with Gasteiger partial charge in [0.25, 0.3) is 5.95 Å². The summed E-state index contributed by atoms with van der Waals surface area (Å²) in [7, 11) is -11.9. The van der Waals surface area contributed by atoms with Crippen LogP contribution in [0.25, 0.3) is 84.6 Å². The highest BCUT2D eigenvalue weighted by atomic mass is 32.2. The maximum Gasteiger partial charge on any atom is 0.256 e. The number of rotatable bonds is 16. The summed E-state index contributed by atoms with van der Waals surface area (Å²) in [6, 6.07) is 42.4. The first-order valence-electron chi connectivity index (χ1n) is 43.9. The zero-order valence-electron chi connectivity index (χ0n) is 78.6. The van der Waals surface area contributed by atoms with Crippen molar-refractivity contribution in [3.8, 4) is 46.4 Å². The predicted octanol–water partition coefficient (Wildman–Crippen LogP) is 12.3. The number of aromatic amines is 1. The summed E-state index contributed by atoms with van der Waals surface area (Å²) < 4.78 is 130. The Hall–Kier alpha value is -12.4. The van der Waals surface area contributed by atoms with Crippen molar-refractivity contribution in [1.82, 2.24) is 94.1 Å². The molecule has 5 saturated heterocycles. The number of hydrogen-bond donors (Lipinski definition) is 2. The van der Waals surface area contributed by atoms with Crippen molar-refractivity contribution < 1.29 is 54.2 Å². The molecule has 0 unspecified atom stereocenters. The van der Waals surface area contributed by atoms with E-state index in [-0.39, 0.29) is 36.0 Å². The topological polar surface area (TPSA) is 454 Å². The van der Waals surface area contributed by atoms with Gasteiger partial charge >= 0.3 is 0 Å². The van der Waals surface area contributed by atoms with E-state index in [1.807, 2.05) is 101 Å². The van der Waals surface area contributed by atoms with E-state index < -0.39 is 54.5 Å². The van der Waals surface area contributed by atoms with Gasteiger partial charge in [0.1, 0.15) is 58.3 Å². The molecule has 5 atom stereocenters. The SMILES string of the molecule is CCc1nc2ccccc2n1-c1nc(N=S(C)(C)=O)cc(N2CCOC[C@H]2C)n1.C[C@@H]1COCCN1c1cc(N=S(C)(C)=O)nc(-c2cc(F)cc3[nH]ncc23)n1.C[C@@H]1COCCN1c1cc(N=S(C)(C)=O)nc(-c2cccc(O)c2)n1.C[C@@H]1COCCN1c1cc(N=S(C)(C)=O)nc(-n2cnc3ccccc32)n1.C[C@@H]1COCCN1c1cc(N=S(C)(C)=O)nc(-n2nnc3ccccc32)n1. The fourth-order valence-corrected chi connectivity index (χ4v) is 18.3. The van der Waals surface area contributed by atoms with E-state index in [0.717, 1.165) is 70.1 Å². The molecule has 0 aliphatic carbocycles. The van der Waals surface area contributed by atoms with Crippen LogP contribution in [0, 0.1) is 5.82 Å². The molecule has 0 bridgehead atoms. The first kappa shape index (κ1) is 98.1. The summed E-state index contributed by atoms with van der Waals surface area (Å²) in [4.78, 5) is 66.1. The van der Waals surface area contributed by atoms with E-state index >= 15 is 0 Å². The molecular weight excluding hydrogens is 1840 g/mol. The number of halogens is 1. The average molecular weight is 1960 g/mol. The lowest BCUT2D eigenvalue weighted by Crippen LogP contribution is -2.44. The highest BCUT2D eigenvalue weighted by molar-refractivity contribution is 7.93. The standard InChI is InChI=1S/C20H26N6O2S.C18H21FN6O2S.C18H22N6O2S.C17H21N7O2S.C17H22N4O3S/c1-5-18-21-15-8-6-7-9-16(15)26(18)20-22-17(24-29(3,4)27)12-19(23-20)25-10-11-28-13-14(25)2;1-11-10-27-5-4-25(11)17-8-16(24-28(2,3)26)21-18(22-17)13-6-12(19)7-15-14(13)9-20-23-15;1-13-11-26-9-8-23(13)17-10-16(22-27(2,3)25)20-18(21-17)24-12-19-14-6-4-5-7-15(14)24;1-12-11-26-9-8-23(12)16-10-15(21-27(2,3)25)18-17(19-16)24-14-7-5-4-6-13(14)20-22-24;1-12-11-24-8-7-21(12)16-10-15(20-25(2,3)23)18-17(19-16)13-5-4-6-14(22)9-13/h6-9,12,14H,5,10-11,13H2,1-4H3;6-9,11H,4-5,10H2,1-3H3,(H,20,23);4-7,10,12-13H,8-9,11H2,1-3H3;4-7,10,12H,8-9,11H2,1-3H3;4-6,9-10,12,22H,7-8,11H2,1-3H3/t14-;11-;13-;2*12-/m11111/s1. The van der Waals surface area contributed by atoms with E-state index in [4.69, 9.17) is 43.6 Å². The van der Waals surface area contributed by atoms with Crippen LogP contribution in [-0.2, 0) is 78.8 Å². The van der Waals surface area contributed by atoms with E-state index in [2.05, 4.69) is 141 Å². The van der Waals surface area contributed by atoms with Crippen molar-refractivity contribution in [3.63, 3.8) is 0 Å². The molecule has 19 rings (SSSR count). The summed E-state index contributed by atoms with van der Waals surface area (Å²) in [6.07, 6.45) is 19.8. The lowest BCUT2D eigenvalue weighted by molar-refractivity contribution is 0.0985. The maximum absolute atomic E-state index is 14.1. The van der Waals surface area contributed by atoms with Gasteiger partial charge in [-0.2, -0.15) is 61.5 Å². The van der Waals surface area contributed by atoms with E-state index in [1.54, 1.807) is 122 Å². The maximum atomic E-state index is 14.1. The Morgan fingerprint density at radius 3 is 1.28 bits per heavy atom. The molecule has 2 N–H and O–H groups in total. The molecule has 5 aliphatic heterocycles. The number of anilines is 5. The highest BCUT2D eigenvalue weighted by Crippen LogP contribution is 2.36. The van der Waals surface area contributed by atoms with Gasteiger partial charge < -0.3 is 53.3 Å². The molecule has 0 spiro atoms. The van der Waals surface area contributed by atoms with Crippen LogP contribution in [-0.4, -0.2) is 312 Å². The van der Waals surface area contributed by atoms with Crippen molar-refractivity contribution in [2.75, 3.05) is 186 Å². The summed E-state index contributed by atoms with van der Waals surface area (Å²) in [6.45, 7) is 22.2. The van der Waals surface area contributed by atoms with Crippen molar-refractivity contribution in [2.45, 2.75) is 78.2 Å². The Morgan fingerprint density at radius 2 is 0.816 bits per heavy atom. The van der Waals surface area contributed by atoms with Gasteiger partial charge in [-0.05, 0) is 95.3 Å². The minimum Gasteiger partial charge on any atom is -0.508 e. The van der Waals surface area contributed by atoms with Crippen molar-refractivity contribution in [3.05, 3.63) is 164 Å². The van der Waals surface area contributed by atoms with Gasteiger partial charge in [0.05, 0.1) is 136 Å². The average Bonchev–Trinajstić information content (AvgIpc) is 1.62. The summed E-state index contributed by atoms with van der Waals surface area (Å²) in [5, 5.41) is 25.6. The minimum absolute atomic E-state index is 0.110. The highest BCUT2D eigenvalue weighted by Gasteiger charge is 2.30. The summed E-state index contributed by atoms with van der Waals surface area (Å²) in [5.41, 5.74) is 6.88. The number of phenols is 1. The van der Waals surface area contributed by atoms with Crippen LogP contribution in [0.2, 0.25) is 0 Å². The predicted molar refractivity (Wildman–Crippen MR) is 532 cm³/mol. The van der Waals surface area contributed by atoms with Gasteiger partial charge in [-0.3, -0.25) is 14.2 Å². The Labute approximate surface area is 790 Å². The largest absolute Gasteiger partial charge is 0.508 e. The molecule has 14 heterocycles. The van der Waals surface area contributed by atoms with Gasteiger partial charge in [-0.15, -0.1) is 5.10 Å². The number of hydrogen-bond acceptors (Lipinski definition) is 36. The van der Waals surface area contributed by atoms with Crippen LogP contribution < -0.4 is 24.5 Å². The molecule has 5 fully saturated rings. The van der Waals surface area contributed by atoms with Gasteiger partial charge in [-0.25, -0.2) is 55.3 Å². The normalized spacial score (nSPS) is 17.9. The monoisotopic (exact) mass is 1950 g/mol. The second kappa shape index (κ2) is 42.1. The van der Waals surface area contributed by atoms with Crippen LogP contribution in [0.3, 0.4) is 0 Å². The fourth-order valence-electron chi connectivity index (χ4n) is 15.6. The molecule has 0 amide bonds. The minimum atomic E-state index is -2.43. The van der Waals surface area contributed by atoms with E-state index in [1.165, 1.54) is 12.1 Å². The van der Waals surface area contributed by atoms with Crippen molar-refractivity contribution in [1.29, 1.82) is 0 Å². The number of aromatic hydroxyl groups is 1. The number of para-hydroxylation sites is 5. The van der Waals surface area contributed by atoms with Crippen LogP contribution in [0.1, 0.15) is 47.4 Å². The van der Waals surface area contributed by atoms with Gasteiger partial charge in [0.15, 0.2) is 40.7 Å². The Balaban J connectivity index is 0.000000129. The first-order chi connectivity index (χ1) is 64.8. The van der Waals surface area contributed by atoms with Crippen molar-refractivity contribution in [2.24, 2.45) is 21.8 Å². The number of benzene rings is 5. The van der Waals surface area contributed by atoms with Crippen LogP contribution in [0.4, 0.5) is 62.6 Å². The van der Waals surface area contributed by atoms with E-state index in [0.29, 0.717) is 184 Å². The van der Waals surface area contributed by atoms with Gasteiger partial charge in [0, 0.05) is 197 Å². The lowest BCUT2D eigenvalue weighted by atomic mass is 10.1. The molecule has 0 saturated carbocycles. The summed E-state index contributed by atoms with van der Waals surface area (Å²) >= 11 is 0. The molecule has 40 nitrogen and oxygen atoms in total. The molecule has 9 aromatic heterocycles. The fraction of sp³-hybridized carbons (Fsp3) is 0.411. The molecule has 5 aromatic carbocycles. The second-order valence-electron chi connectivity index (χ2n) is 34.6. The lowest BCUT2D eigenvalue weighted by Gasteiger charge is -2.34. The number of H-pyrrole nitrogens is 1. The molecule has 0 radical (unpaired) electrons. The van der Waals surface area contributed by atoms with Crippen LogP contribution in [0.5, 0.6) is 5.75 Å². The third-order valence-corrected chi connectivity index (χ3v) is 24.7. The van der Waals surface area contributed by atoms with Gasteiger partial charge in [0.2, 0.25) is 11.9 Å². The quantitative estimate of drug-likeness (QED) is 0.0907. The third kappa shape index (κ3) is 25.3. The molecule has 5 aliphatic rings. The first-order valence-corrected chi connectivity index (χ1v) is 55.6. The number of fused-ring (bicyclic) bond motifs is 4. The Morgan fingerprint density at radius 1 is 0.419 bits per heavy atom. The number of nitrogens with zero attached hydrogens (tertiary/aromatic N) is 28. The molecule has 136 heavy (non-hydrogen) atoms. The number of imidazole rings is 2. The van der Waals surface area contributed by atoms with Crippen LogP contribution in [0.15, 0.2) is 174 Å². The third-order valence-electron chi connectivity index (χ3n) is 21.6. The summed E-state index contributed by atoms with van der Waals surface area (Å²) in [5.74, 6) is 8.07. The number of phenolic OH excluding ortho intramolecular Hbond substituents is 1.